The molecule has 112 valence electrons. The molecule has 0 heterocycles. The van der Waals surface area contributed by atoms with Crippen LogP contribution in [0.5, 0.6) is 0 Å². The number of hydrogen-bond donors (Lipinski definition) is 2. The molecule has 3 N–H and O–H groups in total. The van der Waals surface area contributed by atoms with Gasteiger partial charge in [0.2, 0.25) is 10.0 Å². The monoisotopic (exact) mass is 297 g/mol. The van der Waals surface area contributed by atoms with E-state index in [1.807, 2.05) is 12.1 Å². The number of benzene rings is 1. The number of nitrogens with one attached hydrogen (secondary N) is 1. The zero-order valence-electron chi connectivity index (χ0n) is 11.9. The summed E-state index contributed by atoms with van der Waals surface area (Å²) in [4.78, 5) is 2.53. The Bertz CT molecular complexity index is 524. The fourth-order valence-electron chi connectivity index (χ4n) is 2.08. The van der Waals surface area contributed by atoms with E-state index in [1.165, 1.54) is 0 Å². The van der Waals surface area contributed by atoms with E-state index >= 15 is 0 Å². The van der Waals surface area contributed by atoms with Crippen molar-refractivity contribution in [1.29, 1.82) is 0 Å². The summed E-state index contributed by atoms with van der Waals surface area (Å²) < 4.78 is 26.8. The molecule has 1 fully saturated rings. The van der Waals surface area contributed by atoms with E-state index < -0.39 is 10.0 Å². The summed E-state index contributed by atoms with van der Waals surface area (Å²) >= 11 is 0. The lowest BCUT2D eigenvalue weighted by Gasteiger charge is -2.23. The number of nitrogens with two attached hydrogens (primary N) is 1. The lowest BCUT2D eigenvalue weighted by atomic mass is 10.2. The van der Waals surface area contributed by atoms with E-state index in [1.54, 1.807) is 12.1 Å². The SMILES string of the molecule is CCN(CCCN)c1ccc(S(=O)(=O)NC2CC2)cc1. The van der Waals surface area contributed by atoms with Gasteiger partial charge in [-0.25, -0.2) is 13.1 Å². The highest BCUT2D eigenvalue weighted by atomic mass is 32.2. The molecule has 0 bridgehead atoms. The van der Waals surface area contributed by atoms with E-state index in [9.17, 15) is 8.42 Å². The van der Waals surface area contributed by atoms with Crippen LogP contribution in [0.15, 0.2) is 29.2 Å². The lowest BCUT2D eigenvalue weighted by molar-refractivity contribution is 0.581. The molecule has 20 heavy (non-hydrogen) atoms. The van der Waals surface area contributed by atoms with Crippen molar-refractivity contribution < 1.29 is 8.42 Å². The van der Waals surface area contributed by atoms with Gasteiger partial charge in [-0.2, -0.15) is 0 Å². The van der Waals surface area contributed by atoms with Crippen LogP contribution in [0.25, 0.3) is 0 Å². The van der Waals surface area contributed by atoms with E-state index in [0.717, 1.165) is 38.0 Å². The summed E-state index contributed by atoms with van der Waals surface area (Å²) in [5, 5.41) is 0. The maximum absolute atomic E-state index is 12.1. The minimum absolute atomic E-state index is 0.136. The summed E-state index contributed by atoms with van der Waals surface area (Å²) in [5.74, 6) is 0. The van der Waals surface area contributed by atoms with Crippen LogP contribution >= 0.6 is 0 Å². The van der Waals surface area contributed by atoms with Crippen molar-refractivity contribution >= 4 is 15.7 Å². The van der Waals surface area contributed by atoms with E-state index in [-0.39, 0.29) is 6.04 Å². The number of nitrogens with zero attached hydrogens (tertiary/aromatic N) is 1. The molecule has 0 saturated heterocycles. The second kappa shape index (κ2) is 6.56. The molecule has 1 saturated carbocycles. The predicted molar refractivity (Wildman–Crippen MR) is 81.3 cm³/mol. The number of sulfonamides is 1. The Labute approximate surface area is 121 Å². The normalized spacial score (nSPS) is 15.3. The zero-order valence-corrected chi connectivity index (χ0v) is 12.7. The Morgan fingerprint density at radius 2 is 1.95 bits per heavy atom. The first-order chi connectivity index (χ1) is 9.56. The Morgan fingerprint density at radius 1 is 1.30 bits per heavy atom. The first kappa shape index (κ1) is 15.3. The molecule has 1 aromatic rings. The Kier molecular flexibility index (Phi) is 5.01. The molecule has 0 radical (unpaired) electrons. The predicted octanol–water partition coefficient (Wildman–Crippen LogP) is 1.30. The molecule has 0 amide bonds. The van der Waals surface area contributed by atoms with Crippen molar-refractivity contribution in [2.75, 3.05) is 24.5 Å². The van der Waals surface area contributed by atoms with Gasteiger partial charge in [-0.3, -0.25) is 0 Å². The number of rotatable bonds is 8. The largest absolute Gasteiger partial charge is 0.372 e. The molecule has 0 aromatic heterocycles. The van der Waals surface area contributed by atoms with E-state index in [2.05, 4.69) is 16.5 Å². The van der Waals surface area contributed by atoms with Gasteiger partial charge in [-0.15, -0.1) is 0 Å². The quantitative estimate of drug-likeness (QED) is 0.758. The molecule has 0 unspecified atom stereocenters. The molecule has 1 aliphatic rings. The van der Waals surface area contributed by atoms with Crippen molar-refractivity contribution in [3.05, 3.63) is 24.3 Å². The zero-order chi connectivity index (χ0) is 14.6. The van der Waals surface area contributed by atoms with Crippen LogP contribution in [0.3, 0.4) is 0 Å². The third kappa shape index (κ3) is 3.94. The molecule has 0 spiro atoms. The van der Waals surface area contributed by atoms with Crippen molar-refractivity contribution in [2.24, 2.45) is 5.73 Å². The first-order valence-electron chi connectivity index (χ1n) is 7.14. The van der Waals surface area contributed by atoms with Crippen molar-refractivity contribution in [2.45, 2.75) is 37.1 Å². The Hall–Kier alpha value is -1.11. The van der Waals surface area contributed by atoms with Gasteiger partial charge in [-0.1, -0.05) is 0 Å². The molecular formula is C14H23N3O2S. The van der Waals surface area contributed by atoms with Gasteiger partial charge in [0.1, 0.15) is 0 Å². The number of hydrogen-bond acceptors (Lipinski definition) is 4. The minimum atomic E-state index is -3.35. The maximum atomic E-state index is 12.1. The first-order valence-corrected chi connectivity index (χ1v) is 8.62. The number of anilines is 1. The molecule has 0 aliphatic heterocycles. The van der Waals surface area contributed by atoms with Crippen LogP contribution < -0.4 is 15.4 Å². The molecule has 0 atom stereocenters. The second-order valence-corrected chi connectivity index (χ2v) is 6.83. The average molecular weight is 297 g/mol. The third-order valence-corrected chi connectivity index (χ3v) is 4.96. The van der Waals surface area contributed by atoms with Crippen LogP contribution in [-0.2, 0) is 10.0 Å². The van der Waals surface area contributed by atoms with E-state index in [4.69, 9.17) is 5.73 Å². The molecule has 6 heteroatoms. The molecular weight excluding hydrogens is 274 g/mol. The highest BCUT2D eigenvalue weighted by Crippen LogP contribution is 2.23. The van der Waals surface area contributed by atoms with Gasteiger partial charge >= 0.3 is 0 Å². The lowest BCUT2D eigenvalue weighted by Crippen LogP contribution is -2.27. The minimum Gasteiger partial charge on any atom is -0.372 e. The third-order valence-electron chi connectivity index (χ3n) is 3.43. The van der Waals surface area contributed by atoms with Crippen molar-refractivity contribution in [3.63, 3.8) is 0 Å². The second-order valence-electron chi connectivity index (χ2n) is 5.11. The smallest absolute Gasteiger partial charge is 0.240 e. The fourth-order valence-corrected chi connectivity index (χ4v) is 3.38. The van der Waals surface area contributed by atoms with Crippen LogP contribution in [-0.4, -0.2) is 34.1 Å². The molecule has 5 nitrogen and oxygen atoms in total. The van der Waals surface area contributed by atoms with Crippen LogP contribution in [0, 0.1) is 0 Å². The van der Waals surface area contributed by atoms with Gasteiger partial charge < -0.3 is 10.6 Å². The summed E-state index contributed by atoms with van der Waals surface area (Å²) in [6.07, 6.45) is 2.82. The van der Waals surface area contributed by atoms with Gasteiger partial charge in [0.05, 0.1) is 4.90 Å². The highest BCUT2D eigenvalue weighted by Gasteiger charge is 2.27. The van der Waals surface area contributed by atoms with Gasteiger partial charge in [-0.05, 0) is 57.0 Å². The van der Waals surface area contributed by atoms with Gasteiger partial charge in [0.25, 0.3) is 0 Å². The van der Waals surface area contributed by atoms with Crippen LogP contribution in [0.4, 0.5) is 5.69 Å². The van der Waals surface area contributed by atoms with Crippen molar-refractivity contribution in [1.82, 2.24) is 4.72 Å². The summed E-state index contributed by atoms with van der Waals surface area (Å²) in [6.45, 7) is 4.51. The highest BCUT2D eigenvalue weighted by molar-refractivity contribution is 7.89. The Balaban J connectivity index is 2.08. The topological polar surface area (TPSA) is 75.4 Å². The fraction of sp³-hybridized carbons (Fsp3) is 0.571. The van der Waals surface area contributed by atoms with Gasteiger partial charge in [0, 0.05) is 24.8 Å². The van der Waals surface area contributed by atoms with E-state index in [0.29, 0.717) is 11.4 Å². The standard InChI is InChI=1S/C14H23N3O2S/c1-2-17(11-3-10-15)13-6-8-14(9-7-13)20(18,19)16-12-4-5-12/h6-9,12,16H,2-5,10-11,15H2,1H3. The molecule has 1 aromatic carbocycles. The van der Waals surface area contributed by atoms with Gasteiger partial charge in [0.15, 0.2) is 0 Å². The van der Waals surface area contributed by atoms with Crippen LogP contribution in [0.1, 0.15) is 26.2 Å². The van der Waals surface area contributed by atoms with Crippen molar-refractivity contribution in [3.8, 4) is 0 Å². The maximum Gasteiger partial charge on any atom is 0.240 e. The average Bonchev–Trinajstić information content (AvgIpc) is 3.23. The molecule has 1 aliphatic carbocycles. The van der Waals surface area contributed by atoms with Crippen LogP contribution in [0.2, 0.25) is 0 Å². The Morgan fingerprint density at radius 3 is 2.45 bits per heavy atom. The summed E-state index contributed by atoms with van der Waals surface area (Å²) in [5.41, 5.74) is 6.56. The molecule has 2 rings (SSSR count). The summed E-state index contributed by atoms with van der Waals surface area (Å²) in [6, 6.07) is 7.20. The summed E-state index contributed by atoms with van der Waals surface area (Å²) in [7, 11) is -3.35.